The van der Waals surface area contributed by atoms with Gasteiger partial charge in [-0.15, -0.1) is 10.2 Å². The highest BCUT2D eigenvalue weighted by molar-refractivity contribution is 5.77. The molecule has 2 rings (SSSR count). The third kappa shape index (κ3) is 2.83. The Bertz CT molecular complexity index is 486. The monoisotopic (exact) mass is 267 g/mol. The van der Waals surface area contributed by atoms with E-state index in [9.17, 15) is 9.59 Å². The van der Waals surface area contributed by atoms with Crippen molar-refractivity contribution in [3.8, 4) is 0 Å². The summed E-state index contributed by atoms with van der Waals surface area (Å²) in [7, 11) is 1.79. The molecule has 1 aliphatic rings. The predicted molar refractivity (Wildman–Crippen MR) is 65.1 cm³/mol. The number of hydrogen-bond acceptors (Lipinski definition) is 4. The zero-order valence-corrected chi connectivity index (χ0v) is 10.9. The number of likely N-dealkylation sites (tertiary alicyclic amines) is 1. The molecule has 2 amide bonds. The van der Waals surface area contributed by atoms with E-state index in [0.29, 0.717) is 12.4 Å². The third-order valence-electron chi connectivity index (χ3n) is 3.42. The smallest absolute Gasteiger partial charge is 0.317 e. The Morgan fingerprint density at radius 2 is 2.26 bits per heavy atom. The second-order valence-corrected chi connectivity index (χ2v) is 4.84. The van der Waals surface area contributed by atoms with Gasteiger partial charge in [-0.1, -0.05) is 6.92 Å². The van der Waals surface area contributed by atoms with Crippen LogP contribution in [0.1, 0.15) is 12.7 Å². The average Bonchev–Trinajstić information content (AvgIpc) is 2.92. The van der Waals surface area contributed by atoms with Crippen molar-refractivity contribution in [2.24, 2.45) is 18.9 Å². The lowest BCUT2D eigenvalue weighted by Crippen LogP contribution is -2.39. The van der Waals surface area contributed by atoms with E-state index in [2.05, 4.69) is 15.5 Å². The summed E-state index contributed by atoms with van der Waals surface area (Å²) in [5, 5.41) is 19.3. The summed E-state index contributed by atoms with van der Waals surface area (Å²) in [6.07, 6.45) is 1.56. The molecule has 1 aromatic heterocycles. The van der Waals surface area contributed by atoms with E-state index < -0.39 is 11.9 Å². The van der Waals surface area contributed by atoms with Crippen LogP contribution in [0.15, 0.2) is 6.33 Å². The molecular formula is C11H17N5O3. The maximum atomic E-state index is 11.9. The van der Waals surface area contributed by atoms with Crippen molar-refractivity contribution in [1.29, 1.82) is 0 Å². The van der Waals surface area contributed by atoms with E-state index in [1.165, 1.54) is 4.90 Å². The van der Waals surface area contributed by atoms with E-state index in [4.69, 9.17) is 5.11 Å². The summed E-state index contributed by atoms with van der Waals surface area (Å²) in [4.78, 5) is 24.4. The SMILES string of the molecule is CC1CN(C(=O)NCc2nncn2C)CC1C(=O)O. The van der Waals surface area contributed by atoms with Crippen LogP contribution in [0.4, 0.5) is 4.79 Å². The molecule has 2 unspecified atom stereocenters. The number of aliphatic carboxylic acids is 1. The largest absolute Gasteiger partial charge is 0.481 e. The first-order valence-electron chi connectivity index (χ1n) is 6.07. The van der Waals surface area contributed by atoms with E-state index in [1.807, 2.05) is 6.92 Å². The molecule has 0 bridgehead atoms. The second-order valence-electron chi connectivity index (χ2n) is 4.84. The summed E-state index contributed by atoms with van der Waals surface area (Å²) < 4.78 is 1.72. The van der Waals surface area contributed by atoms with Crippen molar-refractivity contribution in [3.63, 3.8) is 0 Å². The fraction of sp³-hybridized carbons (Fsp3) is 0.636. The van der Waals surface area contributed by atoms with Gasteiger partial charge in [0, 0.05) is 20.1 Å². The fourth-order valence-corrected chi connectivity index (χ4v) is 2.19. The van der Waals surface area contributed by atoms with Gasteiger partial charge >= 0.3 is 12.0 Å². The van der Waals surface area contributed by atoms with Gasteiger partial charge in [-0.25, -0.2) is 4.79 Å². The number of aromatic nitrogens is 3. The van der Waals surface area contributed by atoms with Gasteiger partial charge < -0.3 is 19.9 Å². The highest BCUT2D eigenvalue weighted by atomic mass is 16.4. The third-order valence-corrected chi connectivity index (χ3v) is 3.42. The standard InChI is InChI=1S/C11H17N5O3/c1-7-4-16(5-8(7)10(17)18)11(19)12-3-9-14-13-6-15(9)2/h6-8H,3-5H2,1-2H3,(H,12,19)(H,17,18). The lowest BCUT2D eigenvalue weighted by atomic mass is 9.99. The minimum Gasteiger partial charge on any atom is -0.481 e. The molecule has 2 N–H and O–H groups in total. The number of carboxylic acids is 1. The molecule has 19 heavy (non-hydrogen) atoms. The highest BCUT2D eigenvalue weighted by Crippen LogP contribution is 2.22. The number of urea groups is 1. The molecule has 0 saturated carbocycles. The van der Waals surface area contributed by atoms with Crippen LogP contribution in [0.5, 0.6) is 0 Å². The molecule has 1 saturated heterocycles. The van der Waals surface area contributed by atoms with Crippen molar-refractivity contribution in [3.05, 3.63) is 12.2 Å². The van der Waals surface area contributed by atoms with Crippen LogP contribution in [-0.2, 0) is 18.4 Å². The van der Waals surface area contributed by atoms with E-state index in [1.54, 1.807) is 17.9 Å². The van der Waals surface area contributed by atoms with Crippen LogP contribution in [0.3, 0.4) is 0 Å². The lowest BCUT2D eigenvalue weighted by Gasteiger charge is -2.16. The molecule has 1 aromatic rings. The van der Waals surface area contributed by atoms with Gasteiger partial charge in [0.25, 0.3) is 0 Å². The predicted octanol–water partition coefficient (Wildman–Crippen LogP) is -0.323. The molecule has 0 radical (unpaired) electrons. The zero-order chi connectivity index (χ0) is 14.0. The molecule has 0 aromatic carbocycles. The zero-order valence-electron chi connectivity index (χ0n) is 10.9. The average molecular weight is 267 g/mol. The summed E-state index contributed by atoms with van der Waals surface area (Å²) in [6, 6.07) is -0.265. The van der Waals surface area contributed by atoms with Crippen LogP contribution in [0.25, 0.3) is 0 Å². The van der Waals surface area contributed by atoms with Crippen LogP contribution in [0.2, 0.25) is 0 Å². The quantitative estimate of drug-likeness (QED) is 0.781. The Balaban J connectivity index is 1.88. The summed E-state index contributed by atoms with van der Waals surface area (Å²) in [5.74, 6) is -0.717. The number of amides is 2. The van der Waals surface area contributed by atoms with Crippen molar-refractivity contribution in [2.45, 2.75) is 13.5 Å². The van der Waals surface area contributed by atoms with Gasteiger partial charge in [0.2, 0.25) is 0 Å². The highest BCUT2D eigenvalue weighted by Gasteiger charge is 2.36. The molecule has 2 atom stereocenters. The molecule has 0 spiro atoms. The first-order chi connectivity index (χ1) is 8.99. The molecule has 8 heteroatoms. The van der Waals surface area contributed by atoms with Crippen molar-refractivity contribution in [2.75, 3.05) is 13.1 Å². The second kappa shape index (κ2) is 5.25. The number of nitrogens with zero attached hydrogens (tertiary/aromatic N) is 4. The Morgan fingerprint density at radius 1 is 1.53 bits per heavy atom. The normalized spacial score (nSPS) is 22.5. The number of rotatable bonds is 3. The molecule has 8 nitrogen and oxygen atoms in total. The summed E-state index contributed by atoms with van der Waals surface area (Å²) >= 11 is 0. The fourth-order valence-electron chi connectivity index (χ4n) is 2.19. The Hall–Kier alpha value is -2.12. The molecule has 104 valence electrons. The first kappa shape index (κ1) is 13.3. The number of nitrogens with one attached hydrogen (secondary N) is 1. The molecular weight excluding hydrogens is 250 g/mol. The van der Waals surface area contributed by atoms with E-state index >= 15 is 0 Å². The van der Waals surface area contributed by atoms with Gasteiger partial charge in [-0.3, -0.25) is 4.79 Å². The van der Waals surface area contributed by atoms with Crippen LogP contribution < -0.4 is 5.32 Å². The Kier molecular flexibility index (Phi) is 3.68. The van der Waals surface area contributed by atoms with Gasteiger partial charge in [0.1, 0.15) is 6.33 Å². The van der Waals surface area contributed by atoms with Gasteiger partial charge in [0.05, 0.1) is 12.5 Å². The van der Waals surface area contributed by atoms with Gasteiger partial charge in [0.15, 0.2) is 5.82 Å². The number of carboxylic acid groups (broad SMARTS) is 1. The van der Waals surface area contributed by atoms with E-state index in [-0.39, 0.29) is 25.0 Å². The van der Waals surface area contributed by atoms with Crippen molar-refractivity contribution in [1.82, 2.24) is 25.0 Å². The summed E-state index contributed by atoms with van der Waals surface area (Å²) in [6.45, 7) is 2.83. The number of carbonyl (C=O) groups excluding carboxylic acids is 1. The van der Waals surface area contributed by atoms with E-state index in [0.717, 1.165) is 0 Å². The maximum Gasteiger partial charge on any atom is 0.317 e. The van der Waals surface area contributed by atoms with Gasteiger partial charge in [-0.2, -0.15) is 0 Å². The summed E-state index contributed by atoms with van der Waals surface area (Å²) in [5.41, 5.74) is 0. The number of carbonyl (C=O) groups is 2. The Labute approximate surface area is 110 Å². The molecule has 0 aliphatic carbocycles. The van der Waals surface area contributed by atoms with Crippen LogP contribution >= 0.6 is 0 Å². The minimum atomic E-state index is -0.851. The first-order valence-corrected chi connectivity index (χ1v) is 6.07. The van der Waals surface area contributed by atoms with Gasteiger partial charge in [-0.05, 0) is 5.92 Å². The minimum absolute atomic E-state index is 0.0296. The molecule has 1 aliphatic heterocycles. The molecule has 2 heterocycles. The number of hydrogen-bond donors (Lipinski definition) is 2. The van der Waals surface area contributed by atoms with Crippen LogP contribution in [0, 0.1) is 11.8 Å². The van der Waals surface area contributed by atoms with Crippen LogP contribution in [-0.4, -0.2) is 49.9 Å². The lowest BCUT2D eigenvalue weighted by molar-refractivity contribution is -0.142. The molecule has 1 fully saturated rings. The maximum absolute atomic E-state index is 11.9. The van der Waals surface area contributed by atoms with Crippen molar-refractivity contribution < 1.29 is 14.7 Å². The topological polar surface area (TPSA) is 100 Å². The van der Waals surface area contributed by atoms with Crippen molar-refractivity contribution >= 4 is 12.0 Å². The number of aryl methyl sites for hydroxylation is 1. The Morgan fingerprint density at radius 3 is 2.79 bits per heavy atom.